The number of likely N-dealkylation sites (tertiary alicyclic amines) is 1. The van der Waals surface area contributed by atoms with Crippen molar-refractivity contribution in [2.45, 2.75) is 44.3 Å². The first-order chi connectivity index (χ1) is 18.0. The summed E-state index contributed by atoms with van der Waals surface area (Å²) in [6.07, 6.45) is 2.96. The third-order valence-corrected chi connectivity index (χ3v) is 7.05. The number of hydrogen-bond acceptors (Lipinski definition) is 7. The normalized spacial score (nSPS) is 13.1. The molecule has 10 heteroatoms. The molecule has 1 aliphatic heterocycles. The average Bonchev–Trinajstić information content (AvgIpc) is 3.45. The summed E-state index contributed by atoms with van der Waals surface area (Å²) in [7, 11) is 0. The second kappa shape index (κ2) is 12.5. The highest BCUT2D eigenvalue weighted by molar-refractivity contribution is 7.99. The number of fused-ring (bicyclic) bond motifs is 1. The Morgan fingerprint density at radius 1 is 1.05 bits per heavy atom. The van der Waals surface area contributed by atoms with Crippen LogP contribution in [0.5, 0.6) is 0 Å². The van der Waals surface area contributed by atoms with Gasteiger partial charge >= 0.3 is 5.97 Å². The van der Waals surface area contributed by atoms with Gasteiger partial charge in [0.25, 0.3) is 5.56 Å². The predicted molar refractivity (Wildman–Crippen MR) is 143 cm³/mol. The van der Waals surface area contributed by atoms with Gasteiger partial charge in [-0.25, -0.2) is 9.78 Å². The lowest BCUT2D eigenvalue weighted by molar-refractivity contribution is -0.130. The molecule has 0 unspecified atom stereocenters. The molecule has 1 aliphatic rings. The van der Waals surface area contributed by atoms with E-state index in [0.717, 1.165) is 25.9 Å². The first kappa shape index (κ1) is 26.4. The van der Waals surface area contributed by atoms with E-state index in [9.17, 15) is 19.2 Å². The molecule has 0 atom stereocenters. The predicted octanol–water partition coefficient (Wildman–Crippen LogP) is 3.71. The van der Waals surface area contributed by atoms with Gasteiger partial charge in [-0.1, -0.05) is 23.9 Å². The van der Waals surface area contributed by atoms with Gasteiger partial charge < -0.3 is 15.0 Å². The van der Waals surface area contributed by atoms with E-state index in [1.807, 2.05) is 11.0 Å². The smallest absolute Gasteiger partial charge is 0.338 e. The van der Waals surface area contributed by atoms with E-state index in [2.05, 4.69) is 10.3 Å². The van der Waals surface area contributed by atoms with Crippen molar-refractivity contribution in [3.05, 3.63) is 64.4 Å². The van der Waals surface area contributed by atoms with Gasteiger partial charge in [0, 0.05) is 31.7 Å². The van der Waals surface area contributed by atoms with Crippen LogP contribution in [0.2, 0.25) is 0 Å². The lowest BCUT2D eigenvalue weighted by Gasteiger charge is -2.16. The third-order valence-electron chi connectivity index (χ3n) is 6.07. The average molecular weight is 523 g/mol. The molecule has 3 aromatic rings. The number of hydrogen-bond donors (Lipinski definition) is 1. The van der Waals surface area contributed by atoms with Crippen LogP contribution in [-0.4, -0.2) is 57.7 Å². The zero-order chi connectivity index (χ0) is 26.2. The maximum Gasteiger partial charge on any atom is 0.338 e. The Morgan fingerprint density at radius 3 is 2.51 bits per heavy atom. The van der Waals surface area contributed by atoms with Crippen molar-refractivity contribution in [1.29, 1.82) is 0 Å². The number of esters is 1. The van der Waals surface area contributed by atoms with E-state index < -0.39 is 5.97 Å². The molecular formula is C27H30N4O5S. The highest BCUT2D eigenvalue weighted by Gasteiger charge is 2.18. The Labute approximate surface area is 219 Å². The molecule has 1 N–H and O–H groups in total. The van der Waals surface area contributed by atoms with Crippen LogP contribution < -0.4 is 10.9 Å². The molecule has 2 aromatic carbocycles. The van der Waals surface area contributed by atoms with Crippen molar-refractivity contribution < 1.29 is 19.1 Å². The number of nitrogens with zero attached hydrogens (tertiary/aromatic N) is 3. The number of carbonyl (C=O) groups excluding carboxylic acids is 3. The second-order valence-electron chi connectivity index (χ2n) is 8.69. The minimum atomic E-state index is -0.418. The van der Waals surface area contributed by atoms with E-state index in [1.165, 1.54) is 11.8 Å². The molecule has 0 aliphatic carbocycles. The molecule has 0 bridgehead atoms. The van der Waals surface area contributed by atoms with Crippen molar-refractivity contribution in [2.75, 3.05) is 30.8 Å². The van der Waals surface area contributed by atoms with Crippen LogP contribution in [0.15, 0.2) is 58.5 Å². The minimum absolute atomic E-state index is 0.0388. The second-order valence-corrected chi connectivity index (χ2v) is 9.64. The van der Waals surface area contributed by atoms with Crippen LogP contribution in [0.25, 0.3) is 10.9 Å². The van der Waals surface area contributed by atoms with Gasteiger partial charge in [-0.2, -0.15) is 0 Å². The van der Waals surface area contributed by atoms with E-state index in [1.54, 1.807) is 54.0 Å². The van der Waals surface area contributed by atoms with E-state index in [-0.39, 0.29) is 29.7 Å². The number of thioether (sulfide) groups is 1. The summed E-state index contributed by atoms with van der Waals surface area (Å²) in [4.78, 5) is 56.6. The van der Waals surface area contributed by atoms with Crippen LogP contribution >= 0.6 is 11.8 Å². The zero-order valence-electron chi connectivity index (χ0n) is 20.8. The van der Waals surface area contributed by atoms with Crippen LogP contribution in [-0.2, 0) is 20.9 Å². The van der Waals surface area contributed by atoms with Gasteiger partial charge in [0.1, 0.15) is 0 Å². The standard InChI is InChI=1S/C27H30N4O5S/c1-2-36-26(35)19-11-13-20(14-12-19)28-23(32)18-37-27-29-22-9-4-3-8-21(22)25(34)31(27)17-7-10-24(33)30-15-5-6-16-30/h3-4,8-9,11-14H,2,5-7,10,15-18H2,1H3,(H,28,32). The van der Waals surface area contributed by atoms with Crippen LogP contribution in [0.3, 0.4) is 0 Å². The van der Waals surface area contributed by atoms with Gasteiger partial charge in [-0.3, -0.25) is 19.0 Å². The van der Waals surface area contributed by atoms with E-state index in [4.69, 9.17) is 4.74 Å². The molecule has 0 saturated carbocycles. The highest BCUT2D eigenvalue weighted by atomic mass is 32.2. The van der Waals surface area contributed by atoms with Crippen molar-refractivity contribution in [2.24, 2.45) is 0 Å². The quantitative estimate of drug-likeness (QED) is 0.246. The summed E-state index contributed by atoms with van der Waals surface area (Å²) < 4.78 is 6.53. The van der Waals surface area contributed by atoms with Crippen molar-refractivity contribution in [3.63, 3.8) is 0 Å². The largest absolute Gasteiger partial charge is 0.462 e. The topological polar surface area (TPSA) is 111 Å². The summed E-state index contributed by atoms with van der Waals surface area (Å²) in [5, 5.41) is 3.73. The molecule has 0 spiro atoms. The molecule has 1 fully saturated rings. The van der Waals surface area contributed by atoms with Gasteiger partial charge in [0.15, 0.2) is 5.16 Å². The van der Waals surface area contributed by atoms with Gasteiger partial charge in [-0.15, -0.1) is 0 Å². The zero-order valence-corrected chi connectivity index (χ0v) is 21.6. The number of anilines is 1. The fourth-order valence-electron chi connectivity index (χ4n) is 4.20. The minimum Gasteiger partial charge on any atom is -0.462 e. The molecule has 4 rings (SSSR count). The molecule has 194 valence electrons. The van der Waals surface area contributed by atoms with Crippen molar-refractivity contribution >= 4 is 46.1 Å². The van der Waals surface area contributed by atoms with Gasteiger partial charge in [0.05, 0.1) is 28.8 Å². The fourth-order valence-corrected chi connectivity index (χ4v) is 5.02. The third kappa shape index (κ3) is 6.76. The van der Waals surface area contributed by atoms with Crippen LogP contribution in [0, 0.1) is 0 Å². The fraction of sp³-hybridized carbons (Fsp3) is 0.370. The van der Waals surface area contributed by atoms with Gasteiger partial charge in [0.2, 0.25) is 11.8 Å². The summed E-state index contributed by atoms with van der Waals surface area (Å²) >= 11 is 1.17. The lowest BCUT2D eigenvalue weighted by Crippen LogP contribution is -2.29. The summed E-state index contributed by atoms with van der Waals surface area (Å²) in [5.41, 5.74) is 1.33. The highest BCUT2D eigenvalue weighted by Crippen LogP contribution is 2.20. The Morgan fingerprint density at radius 2 is 1.78 bits per heavy atom. The number of para-hydroxylation sites is 1. The van der Waals surface area contributed by atoms with E-state index in [0.29, 0.717) is 46.7 Å². The molecular weight excluding hydrogens is 492 g/mol. The summed E-state index contributed by atoms with van der Waals surface area (Å²) in [6.45, 7) is 3.98. The Hall–Kier alpha value is -3.66. The van der Waals surface area contributed by atoms with Crippen LogP contribution in [0.4, 0.5) is 5.69 Å². The molecule has 1 aromatic heterocycles. The van der Waals surface area contributed by atoms with Crippen LogP contribution in [0.1, 0.15) is 43.0 Å². The van der Waals surface area contributed by atoms with Crippen molar-refractivity contribution in [3.8, 4) is 0 Å². The molecule has 2 amide bonds. The number of carbonyl (C=O) groups is 3. The number of nitrogens with one attached hydrogen (secondary N) is 1. The van der Waals surface area contributed by atoms with Gasteiger partial charge in [-0.05, 0) is 62.6 Å². The number of aromatic nitrogens is 2. The SMILES string of the molecule is CCOC(=O)c1ccc(NC(=O)CSc2nc3ccccc3c(=O)n2CCCC(=O)N2CCCC2)cc1. The number of rotatable bonds is 10. The number of amides is 2. The maximum absolute atomic E-state index is 13.2. The molecule has 2 heterocycles. The number of ether oxygens (including phenoxy) is 1. The lowest BCUT2D eigenvalue weighted by atomic mass is 10.2. The first-order valence-corrected chi connectivity index (χ1v) is 13.4. The Balaban J connectivity index is 1.42. The first-order valence-electron chi connectivity index (χ1n) is 12.4. The molecule has 0 radical (unpaired) electrons. The summed E-state index contributed by atoms with van der Waals surface area (Å²) in [5.74, 6) is -0.538. The Bertz CT molecular complexity index is 1330. The molecule has 37 heavy (non-hydrogen) atoms. The number of benzene rings is 2. The monoisotopic (exact) mass is 522 g/mol. The van der Waals surface area contributed by atoms with E-state index >= 15 is 0 Å². The molecule has 9 nitrogen and oxygen atoms in total. The van der Waals surface area contributed by atoms with Crippen molar-refractivity contribution in [1.82, 2.24) is 14.5 Å². The Kier molecular flexibility index (Phi) is 8.95. The molecule has 1 saturated heterocycles. The summed E-state index contributed by atoms with van der Waals surface area (Å²) in [6, 6.07) is 13.6. The maximum atomic E-state index is 13.2.